The van der Waals surface area contributed by atoms with Gasteiger partial charge < -0.3 is 10.4 Å². The maximum Gasteiger partial charge on any atom is 0.400 e. The van der Waals surface area contributed by atoms with Crippen LogP contribution in [0.5, 0.6) is 0 Å². The third-order valence-electron chi connectivity index (χ3n) is 1.62. The Morgan fingerprint density at radius 2 is 2.00 bits per heavy atom. The van der Waals surface area contributed by atoms with E-state index in [-0.39, 0.29) is 11.3 Å². The normalized spacial score (nSPS) is 10.9. The molecule has 0 saturated heterocycles. The number of carbonyl (C=O) groups excluding carboxylic acids is 1. The van der Waals surface area contributed by atoms with Gasteiger partial charge in [0.2, 0.25) is 0 Å². The Labute approximate surface area is 93.8 Å². The molecular weight excluding hydrogens is 244 g/mol. The Balaban J connectivity index is 2.87. The highest BCUT2D eigenvalue weighted by Crippen LogP contribution is 2.21. The van der Waals surface area contributed by atoms with Crippen LogP contribution in [0.1, 0.15) is 10.4 Å². The van der Waals surface area contributed by atoms with Gasteiger partial charge >= 0.3 is 17.3 Å². The highest BCUT2D eigenvalue weighted by Gasteiger charge is 2.35. The van der Waals surface area contributed by atoms with Crippen molar-refractivity contribution >= 4 is 29.2 Å². The summed E-state index contributed by atoms with van der Waals surface area (Å²) in [5, 5.41) is 6.38. The van der Waals surface area contributed by atoms with Crippen LogP contribution in [-0.4, -0.2) is 22.4 Å². The van der Waals surface area contributed by atoms with E-state index < -0.39 is 17.3 Å². The average molecular weight is 250 g/mol. The largest absolute Gasteiger partial charge is 0.478 e. The molecule has 86 valence electrons. The van der Waals surface area contributed by atoms with Gasteiger partial charge in [-0.2, -0.15) is 8.78 Å². The number of carboxylic acids is 1. The van der Waals surface area contributed by atoms with Crippen LogP contribution in [0.3, 0.4) is 0 Å². The highest BCUT2D eigenvalue weighted by atomic mass is 35.5. The fourth-order valence-electron chi connectivity index (χ4n) is 0.932. The first-order chi connectivity index (χ1) is 7.30. The number of hydrogen-bond donors (Lipinski definition) is 2. The molecular formula is C9H6ClF2NO3. The first-order valence-electron chi connectivity index (χ1n) is 4.02. The molecule has 0 aromatic heterocycles. The predicted molar refractivity (Wildman–Crippen MR) is 52.8 cm³/mol. The summed E-state index contributed by atoms with van der Waals surface area (Å²) in [6, 6.07) is 4.89. The molecule has 0 aliphatic carbocycles. The molecule has 0 radical (unpaired) electrons. The average Bonchev–Trinajstić information content (AvgIpc) is 2.16. The van der Waals surface area contributed by atoms with E-state index in [2.05, 4.69) is 11.6 Å². The number of hydrogen-bond acceptors (Lipinski definition) is 2. The van der Waals surface area contributed by atoms with Crippen molar-refractivity contribution in [3.63, 3.8) is 0 Å². The van der Waals surface area contributed by atoms with Crippen molar-refractivity contribution in [3.05, 3.63) is 29.8 Å². The van der Waals surface area contributed by atoms with Gasteiger partial charge in [-0.3, -0.25) is 4.79 Å². The van der Waals surface area contributed by atoms with Crippen LogP contribution in [-0.2, 0) is 4.79 Å². The number of rotatable bonds is 3. The molecule has 16 heavy (non-hydrogen) atoms. The lowest BCUT2D eigenvalue weighted by atomic mass is 10.2. The summed E-state index contributed by atoms with van der Waals surface area (Å²) in [5.41, 5.74) is -0.194. The summed E-state index contributed by atoms with van der Waals surface area (Å²) >= 11 is 4.47. The van der Waals surface area contributed by atoms with Crippen LogP contribution in [0.15, 0.2) is 24.3 Å². The molecule has 1 amide bonds. The summed E-state index contributed by atoms with van der Waals surface area (Å²) < 4.78 is 24.6. The predicted octanol–water partition coefficient (Wildman–Crippen LogP) is 2.15. The van der Waals surface area contributed by atoms with Crippen LogP contribution < -0.4 is 5.32 Å². The van der Waals surface area contributed by atoms with Crippen LogP contribution in [0, 0.1) is 0 Å². The lowest BCUT2D eigenvalue weighted by Gasteiger charge is -2.09. The van der Waals surface area contributed by atoms with Gasteiger partial charge in [0.15, 0.2) is 0 Å². The first kappa shape index (κ1) is 12.4. The molecule has 7 heteroatoms. The van der Waals surface area contributed by atoms with Gasteiger partial charge in [0.25, 0.3) is 0 Å². The molecule has 1 aromatic rings. The van der Waals surface area contributed by atoms with Gasteiger partial charge in [-0.15, -0.1) is 0 Å². The zero-order chi connectivity index (χ0) is 12.3. The van der Waals surface area contributed by atoms with E-state index in [4.69, 9.17) is 5.11 Å². The van der Waals surface area contributed by atoms with Gasteiger partial charge in [0, 0.05) is 5.69 Å². The molecule has 0 saturated carbocycles. The van der Waals surface area contributed by atoms with Crippen molar-refractivity contribution in [2.45, 2.75) is 5.38 Å². The van der Waals surface area contributed by atoms with E-state index in [1.165, 1.54) is 18.2 Å². The second-order valence-electron chi connectivity index (χ2n) is 2.84. The minimum Gasteiger partial charge on any atom is -0.478 e. The molecule has 0 spiro atoms. The number of benzene rings is 1. The molecule has 4 nitrogen and oxygen atoms in total. The van der Waals surface area contributed by atoms with E-state index in [0.29, 0.717) is 0 Å². The van der Waals surface area contributed by atoms with Crippen LogP contribution in [0.25, 0.3) is 0 Å². The Hall–Kier alpha value is -1.69. The Morgan fingerprint density at radius 3 is 2.50 bits per heavy atom. The van der Waals surface area contributed by atoms with Crippen LogP contribution in [0.2, 0.25) is 0 Å². The minimum atomic E-state index is -4.03. The van der Waals surface area contributed by atoms with Crippen molar-refractivity contribution in [1.82, 2.24) is 0 Å². The molecule has 0 unspecified atom stereocenters. The quantitative estimate of drug-likeness (QED) is 0.807. The zero-order valence-electron chi connectivity index (χ0n) is 7.71. The van der Waals surface area contributed by atoms with Crippen molar-refractivity contribution in [2.24, 2.45) is 0 Å². The van der Waals surface area contributed by atoms with Crippen molar-refractivity contribution in [2.75, 3.05) is 5.32 Å². The summed E-state index contributed by atoms with van der Waals surface area (Å²) in [6.45, 7) is 0. The highest BCUT2D eigenvalue weighted by molar-refractivity contribution is 6.33. The topological polar surface area (TPSA) is 66.4 Å². The Morgan fingerprint density at radius 1 is 1.38 bits per heavy atom. The van der Waals surface area contributed by atoms with Gasteiger partial charge in [-0.25, -0.2) is 4.79 Å². The van der Waals surface area contributed by atoms with Crippen molar-refractivity contribution in [3.8, 4) is 0 Å². The van der Waals surface area contributed by atoms with E-state index >= 15 is 0 Å². The van der Waals surface area contributed by atoms with Gasteiger partial charge in [0.1, 0.15) is 0 Å². The van der Waals surface area contributed by atoms with Crippen LogP contribution >= 0.6 is 11.6 Å². The molecule has 0 fully saturated rings. The van der Waals surface area contributed by atoms with E-state index in [9.17, 15) is 18.4 Å². The number of alkyl halides is 3. The van der Waals surface area contributed by atoms with E-state index in [0.717, 1.165) is 6.07 Å². The maximum atomic E-state index is 12.3. The third-order valence-corrected chi connectivity index (χ3v) is 1.80. The fourth-order valence-corrected chi connectivity index (χ4v) is 0.979. The molecule has 0 aliphatic heterocycles. The first-order valence-corrected chi connectivity index (χ1v) is 4.40. The van der Waals surface area contributed by atoms with Gasteiger partial charge in [-0.05, 0) is 29.8 Å². The Bertz CT molecular complexity index is 431. The number of carbonyl (C=O) groups is 2. The van der Waals surface area contributed by atoms with Gasteiger partial charge in [-0.1, -0.05) is 6.07 Å². The number of amides is 1. The second kappa shape index (κ2) is 4.44. The molecule has 1 aromatic carbocycles. The Kier molecular flexibility index (Phi) is 3.44. The van der Waals surface area contributed by atoms with E-state index in [1.54, 1.807) is 5.32 Å². The summed E-state index contributed by atoms with van der Waals surface area (Å²) in [4.78, 5) is 21.3. The SMILES string of the molecule is O=C(O)c1cccc(NC(=O)C(F)(F)Cl)c1. The molecule has 1 rings (SSSR count). The van der Waals surface area contributed by atoms with Crippen molar-refractivity contribution in [1.29, 1.82) is 0 Å². The summed E-state index contributed by atoms with van der Waals surface area (Å²) in [7, 11) is 0. The standard InChI is InChI=1S/C9H6ClF2NO3/c10-9(11,12)8(16)13-6-3-1-2-5(4-6)7(14)15/h1-4H,(H,13,16)(H,14,15). The summed E-state index contributed by atoms with van der Waals surface area (Å²) in [6.07, 6.45) is 0. The minimum absolute atomic E-state index is 0.0646. The summed E-state index contributed by atoms with van der Waals surface area (Å²) in [5.74, 6) is -2.94. The van der Waals surface area contributed by atoms with E-state index in [1.807, 2.05) is 0 Å². The number of anilines is 1. The zero-order valence-corrected chi connectivity index (χ0v) is 8.46. The second-order valence-corrected chi connectivity index (χ2v) is 3.31. The maximum absolute atomic E-state index is 12.3. The van der Waals surface area contributed by atoms with Gasteiger partial charge in [0.05, 0.1) is 5.56 Å². The van der Waals surface area contributed by atoms with Crippen molar-refractivity contribution < 1.29 is 23.5 Å². The third kappa shape index (κ3) is 3.16. The molecule has 0 heterocycles. The number of carboxylic acid groups (broad SMARTS) is 1. The number of halogens is 3. The molecule has 0 aliphatic rings. The molecule has 0 bridgehead atoms. The molecule has 0 atom stereocenters. The number of aromatic carboxylic acids is 1. The number of nitrogens with one attached hydrogen (secondary N) is 1. The fraction of sp³-hybridized carbons (Fsp3) is 0.111. The van der Waals surface area contributed by atoms with Crippen LogP contribution in [0.4, 0.5) is 14.5 Å². The lowest BCUT2D eigenvalue weighted by Crippen LogP contribution is -2.28. The lowest BCUT2D eigenvalue weighted by molar-refractivity contribution is -0.130. The monoisotopic (exact) mass is 249 g/mol. The molecule has 2 N–H and O–H groups in total. The smallest absolute Gasteiger partial charge is 0.400 e.